The molecule has 1 aromatic rings. The van der Waals surface area contributed by atoms with Crippen molar-refractivity contribution in [2.75, 3.05) is 7.11 Å². The van der Waals surface area contributed by atoms with E-state index in [4.69, 9.17) is 4.74 Å². The van der Waals surface area contributed by atoms with Gasteiger partial charge in [0.15, 0.2) is 0 Å². The van der Waals surface area contributed by atoms with Gasteiger partial charge in [-0.1, -0.05) is 13.0 Å². The van der Waals surface area contributed by atoms with Crippen LogP contribution in [0, 0.1) is 16.7 Å². The Morgan fingerprint density at radius 2 is 1.87 bits per heavy atom. The predicted octanol–water partition coefficient (Wildman–Crippen LogP) is 4.45. The highest BCUT2D eigenvalue weighted by atomic mass is 16.5. The monoisotopic (exact) mass is 312 g/mol. The lowest BCUT2D eigenvalue weighted by Crippen LogP contribution is -2.51. The molecule has 124 valence electrons. The van der Waals surface area contributed by atoms with E-state index in [-0.39, 0.29) is 11.0 Å². The van der Waals surface area contributed by atoms with Crippen LogP contribution in [0.2, 0.25) is 0 Å². The minimum Gasteiger partial charge on any atom is -0.497 e. The highest BCUT2D eigenvalue weighted by molar-refractivity contribution is 5.42. The second-order valence-electron chi connectivity index (χ2n) is 8.87. The first kappa shape index (κ1) is 14.3. The van der Waals surface area contributed by atoms with Gasteiger partial charge in [0, 0.05) is 5.41 Å². The Labute approximate surface area is 139 Å². The smallest absolute Gasteiger partial charge is 0.119 e. The topological polar surface area (TPSA) is 29.5 Å². The van der Waals surface area contributed by atoms with Crippen molar-refractivity contribution in [3.05, 3.63) is 29.3 Å². The van der Waals surface area contributed by atoms with E-state index in [2.05, 4.69) is 25.1 Å². The molecule has 2 heteroatoms. The number of ether oxygens (including phenoxy) is 1. The first-order chi connectivity index (χ1) is 11.0. The predicted molar refractivity (Wildman–Crippen MR) is 90.7 cm³/mol. The highest BCUT2D eigenvalue weighted by Crippen LogP contribution is 2.77. The molecular formula is C21H28O2. The number of methoxy groups -OCH3 is 1. The van der Waals surface area contributed by atoms with Gasteiger partial charge in [0.25, 0.3) is 0 Å². The van der Waals surface area contributed by atoms with Crippen LogP contribution in [-0.4, -0.2) is 17.8 Å². The van der Waals surface area contributed by atoms with Gasteiger partial charge in [0.2, 0.25) is 0 Å². The second-order valence-corrected chi connectivity index (χ2v) is 8.87. The molecule has 3 fully saturated rings. The van der Waals surface area contributed by atoms with E-state index in [1.165, 1.54) is 44.1 Å². The molecule has 1 N–H and O–H groups in total. The molecule has 3 atom stereocenters. The molecule has 2 nitrogen and oxygen atoms in total. The van der Waals surface area contributed by atoms with Crippen molar-refractivity contribution in [2.45, 2.75) is 69.8 Å². The van der Waals surface area contributed by atoms with Gasteiger partial charge in [-0.25, -0.2) is 0 Å². The summed E-state index contributed by atoms with van der Waals surface area (Å²) in [6.07, 6.45) is 9.55. The number of hydrogen-bond donors (Lipinski definition) is 1. The highest BCUT2D eigenvalue weighted by Gasteiger charge is 2.73. The molecule has 0 aromatic heterocycles. The molecule has 1 aromatic carbocycles. The lowest BCUT2D eigenvalue weighted by Gasteiger charge is -2.56. The van der Waals surface area contributed by atoms with Crippen molar-refractivity contribution in [3.8, 4) is 5.75 Å². The van der Waals surface area contributed by atoms with Gasteiger partial charge in [-0.15, -0.1) is 0 Å². The Morgan fingerprint density at radius 3 is 2.61 bits per heavy atom. The molecule has 4 aliphatic carbocycles. The number of rotatable bonds is 1. The van der Waals surface area contributed by atoms with Crippen LogP contribution < -0.4 is 4.74 Å². The first-order valence-electron chi connectivity index (χ1n) is 9.42. The van der Waals surface area contributed by atoms with Crippen LogP contribution in [0.1, 0.15) is 68.9 Å². The summed E-state index contributed by atoms with van der Waals surface area (Å²) < 4.78 is 5.43. The van der Waals surface area contributed by atoms with Gasteiger partial charge < -0.3 is 9.84 Å². The molecule has 4 aliphatic rings. The van der Waals surface area contributed by atoms with Gasteiger partial charge in [-0.05, 0) is 91.9 Å². The number of hydrogen-bond acceptors (Lipinski definition) is 2. The summed E-state index contributed by atoms with van der Waals surface area (Å²) in [6, 6.07) is 6.74. The Bertz CT molecular complexity index is 656. The standard InChI is InChI=1S/C21H28O2/c1-19-8-7-17-16-5-4-15(23-2)13-14(16)3-6-18(17)20(19)9-11-21(19,22)12-10-20/h4-5,13,17-18,22H,3,6-12H2,1-2H3/t17-,18-,19+,20-,21+/m1/s1. The largest absolute Gasteiger partial charge is 0.497 e. The van der Waals surface area contributed by atoms with Crippen molar-refractivity contribution < 1.29 is 9.84 Å². The number of fused-ring (bicyclic) bond motifs is 3. The maximum atomic E-state index is 11.2. The van der Waals surface area contributed by atoms with Gasteiger partial charge in [-0.2, -0.15) is 0 Å². The van der Waals surface area contributed by atoms with Crippen LogP contribution in [0.15, 0.2) is 18.2 Å². The minimum atomic E-state index is -0.363. The Hall–Kier alpha value is -1.02. The van der Waals surface area contributed by atoms with Crippen LogP contribution in [0.3, 0.4) is 0 Å². The average Bonchev–Trinajstić information content (AvgIpc) is 2.95. The quantitative estimate of drug-likeness (QED) is 0.830. The average molecular weight is 312 g/mol. The van der Waals surface area contributed by atoms with Crippen molar-refractivity contribution in [1.29, 1.82) is 0 Å². The van der Waals surface area contributed by atoms with Crippen molar-refractivity contribution >= 4 is 0 Å². The summed E-state index contributed by atoms with van der Waals surface area (Å²) in [4.78, 5) is 0. The summed E-state index contributed by atoms with van der Waals surface area (Å²) in [7, 11) is 1.76. The molecule has 0 unspecified atom stereocenters. The molecule has 0 spiro atoms. The maximum absolute atomic E-state index is 11.2. The zero-order chi connectivity index (χ0) is 15.9. The summed E-state index contributed by atoms with van der Waals surface area (Å²) in [5.41, 5.74) is 3.31. The number of aliphatic hydroxyl groups is 1. The van der Waals surface area contributed by atoms with E-state index >= 15 is 0 Å². The van der Waals surface area contributed by atoms with E-state index in [1.54, 1.807) is 12.7 Å². The van der Waals surface area contributed by atoms with Gasteiger partial charge >= 0.3 is 0 Å². The molecule has 0 aliphatic heterocycles. The third kappa shape index (κ3) is 1.50. The summed E-state index contributed by atoms with van der Waals surface area (Å²) in [5.74, 6) is 2.48. The fourth-order valence-electron chi connectivity index (χ4n) is 7.42. The van der Waals surface area contributed by atoms with E-state index in [1.807, 2.05) is 0 Å². The fraction of sp³-hybridized carbons (Fsp3) is 0.714. The SMILES string of the molecule is COc1ccc2c(c1)CC[C@@H]1[C@@H]2CC[C@]2(C)[C@]3(O)CC[C@@]12CC3. The minimum absolute atomic E-state index is 0.172. The van der Waals surface area contributed by atoms with Crippen LogP contribution >= 0.6 is 0 Å². The molecule has 0 radical (unpaired) electrons. The van der Waals surface area contributed by atoms with E-state index < -0.39 is 0 Å². The second kappa shape index (κ2) is 4.33. The molecule has 0 heterocycles. The van der Waals surface area contributed by atoms with Crippen molar-refractivity contribution in [2.24, 2.45) is 16.7 Å². The third-order valence-corrected chi connectivity index (χ3v) is 8.72. The van der Waals surface area contributed by atoms with E-state index in [0.717, 1.165) is 24.5 Å². The molecule has 3 saturated carbocycles. The molecular weight excluding hydrogens is 284 g/mol. The van der Waals surface area contributed by atoms with Crippen molar-refractivity contribution in [1.82, 2.24) is 0 Å². The molecule has 0 saturated heterocycles. The van der Waals surface area contributed by atoms with Crippen LogP contribution in [0.5, 0.6) is 5.75 Å². The van der Waals surface area contributed by atoms with Crippen LogP contribution in [0.4, 0.5) is 0 Å². The summed E-state index contributed by atoms with van der Waals surface area (Å²) >= 11 is 0. The van der Waals surface area contributed by atoms with Crippen LogP contribution in [-0.2, 0) is 6.42 Å². The van der Waals surface area contributed by atoms with Crippen molar-refractivity contribution in [3.63, 3.8) is 0 Å². The van der Waals surface area contributed by atoms with Gasteiger partial charge in [0.05, 0.1) is 12.7 Å². The fourth-order valence-corrected chi connectivity index (χ4v) is 7.42. The Morgan fingerprint density at radius 1 is 1.09 bits per heavy atom. The van der Waals surface area contributed by atoms with E-state index in [0.29, 0.717) is 11.3 Å². The summed E-state index contributed by atoms with van der Waals surface area (Å²) in [5, 5.41) is 11.2. The molecule has 5 rings (SSSR count). The zero-order valence-electron chi connectivity index (χ0n) is 14.4. The molecule has 23 heavy (non-hydrogen) atoms. The third-order valence-electron chi connectivity index (χ3n) is 8.72. The van der Waals surface area contributed by atoms with Crippen LogP contribution in [0.25, 0.3) is 0 Å². The maximum Gasteiger partial charge on any atom is 0.119 e. The normalized spacial score (nSPS) is 46.9. The number of aryl methyl sites for hydroxylation is 1. The molecule has 0 amide bonds. The van der Waals surface area contributed by atoms with E-state index in [9.17, 15) is 5.11 Å². The lowest BCUT2D eigenvalue weighted by molar-refractivity contribution is -0.101. The Balaban J connectivity index is 1.59. The zero-order valence-corrected chi connectivity index (χ0v) is 14.4. The first-order valence-corrected chi connectivity index (χ1v) is 9.42. The lowest BCUT2D eigenvalue weighted by atomic mass is 9.48. The number of benzene rings is 1. The molecule has 2 bridgehead atoms. The Kier molecular flexibility index (Phi) is 2.70. The summed E-state index contributed by atoms with van der Waals surface area (Å²) in [6.45, 7) is 2.42. The van der Waals surface area contributed by atoms with Gasteiger partial charge in [-0.3, -0.25) is 0 Å². The van der Waals surface area contributed by atoms with Gasteiger partial charge in [0.1, 0.15) is 5.75 Å².